The SMILES string of the molecule is Cc1nn(CCC(=O)NCc2cn(-c3ccccc3)nc2-c2ccccc2)cc1I. The second kappa shape index (κ2) is 9.25. The molecule has 4 rings (SSSR count). The normalized spacial score (nSPS) is 10.9. The van der Waals surface area contributed by atoms with Crippen LogP contribution in [-0.4, -0.2) is 25.5 Å². The maximum atomic E-state index is 12.4. The molecule has 1 N–H and O–H groups in total. The van der Waals surface area contributed by atoms with Gasteiger partial charge in [-0.2, -0.15) is 10.2 Å². The van der Waals surface area contributed by atoms with Crippen LogP contribution in [0.1, 0.15) is 17.7 Å². The Morgan fingerprint density at radius 1 is 1.00 bits per heavy atom. The van der Waals surface area contributed by atoms with Crippen molar-refractivity contribution in [2.24, 2.45) is 0 Å². The molecule has 4 aromatic rings. The van der Waals surface area contributed by atoms with Gasteiger partial charge in [-0.25, -0.2) is 4.68 Å². The smallest absolute Gasteiger partial charge is 0.222 e. The Hall–Kier alpha value is -2.94. The number of para-hydroxylation sites is 1. The minimum Gasteiger partial charge on any atom is -0.352 e. The lowest BCUT2D eigenvalue weighted by Crippen LogP contribution is -2.24. The summed E-state index contributed by atoms with van der Waals surface area (Å²) in [6.07, 6.45) is 4.32. The Kier molecular flexibility index (Phi) is 6.27. The van der Waals surface area contributed by atoms with Gasteiger partial charge in [0.2, 0.25) is 5.91 Å². The molecule has 0 aliphatic carbocycles. The summed E-state index contributed by atoms with van der Waals surface area (Å²) in [5.74, 6) is -0.00960. The molecular formula is C23H22IN5O. The summed E-state index contributed by atoms with van der Waals surface area (Å²) in [4.78, 5) is 12.4. The highest BCUT2D eigenvalue weighted by molar-refractivity contribution is 14.1. The number of hydrogen-bond donors (Lipinski definition) is 1. The lowest BCUT2D eigenvalue weighted by molar-refractivity contribution is -0.121. The van der Waals surface area contributed by atoms with Crippen LogP contribution in [-0.2, 0) is 17.9 Å². The standard InChI is InChI=1S/C23H22IN5O/c1-17-21(24)16-28(26-17)13-12-22(30)25-14-19-15-29(20-10-6-3-7-11-20)27-23(19)18-8-4-2-5-9-18/h2-11,15-16H,12-14H2,1H3,(H,25,30). The van der Waals surface area contributed by atoms with E-state index in [9.17, 15) is 4.79 Å². The molecule has 7 heteroatoms. The minimum atomic E-state index is -0.00960. The van der Waals surface area contributed by atoms with Crippen LogP contribution in [0.3, 0.4) is 0 Å². The van der Waals surface area contributed by atoms with Crippen molar-refractivity contribution in [3.63, 3.8) is 0 Å². The third kappa shape index (κ3) is 4.79. The van der Waals surface area contributed by atoms with Crippen LogP contribution in [0.15, 0.2) is 73.1 Å². The number of hydrogen-bond acceptors (Lipinski definition) is 3. The van der Waals surface area contributed by atoms with E-state index in [2.05, 4.69) is 33.0 Å². The maximum absolute atomic E-state index is 12.4. The van der Waals surface area contributed by atoms with E-state index in [1.807, 2.05) is 89.3 Å². The van der Waals surface area contributed by atoms with Crippen molar-refractivity contribution >= 4 is 28.5 Å². The zero-order valence-electron chi connectivity index (χ0n) is 16.6. The predicted octanol–water partition coefficient (Wildman–Crippen LogP) is 4.36. The van der Waals surface area contributed by atoms with Gasteiger partial charge in [0, 0.05) is 43.0 Å². The van der Waals surface area contributed by atoms with Gasteiger partial charge in [0.15, 0.2) is 0 Å². The average molecular weight is 511 g/mol. The van der Waals surface area contributed by atoms with Crippen molar-refractivity contribution in [2.75, 3.05) is 0 Å². The van der Waals surface area contributed by atoms with Crippen molar-refractivity contribution in [3.8, 4) is 16.9 Å². The Balaban J connectivity index is 1.48. The first-order chi connectivity index (χ1) is 14.6. The quantitative estimate of drug-likeness (QED) is 0.376. The van der Waals surface area contributed by atoms with E-state index in [4.69, 9.17) is 5.10 Å². The van der Waals surface area contributed by atoms with E-state index in [1.165, 1.54) is 0 Å². The molecule has 6 nitrogen and oxygen atoms in total. The van der Waals surface area contributed by atoms with Gasteiger partial charge >= 0.3 is 0 Å². The van der Waals surface area contributed by atoms with E-state index < -0.39 is 0 Å². The van der Waals surface area contributed by atoms with Gasteiger partial charge in [-0.05, 0) is 41.6 Å². The number of rotatable bonds is 7. The number of amides is 1. The summed E-state index contributed by atoms with van der Waals surface area (Å²) in [6, 6.07) is 20.0. The van der Waals surface area contributed by atoms with Gasteiger partial charge in [0.1, 0.15) is 0 Å². The van der Waals surface area contributed by atoms with Crippen molar-refractivity contribution in [1.82, 2.24) is 24.9 Å². The molecule has 0 atom stereocenters. The van der Waals surface area contributed by atoms with Crippen LogP contribution < -0.4 is 5.32 Å². The van der Waals surface area contributed by atoms with Crippen molar-refractivity contribution in [2.45, 2.75) is 26.4 Å². The monoisotopic (exact) mass is 511 g/mol. The average Bonchev–Trinajstić information content (AvgIpc) is 3.35. The Bertz CT molecular complexity index is 1120. The third-order valence-electron chi connectivity index (χ3n) is 4.79. The highest BCUT2D eigenvalue weighted by Gasteiger charge is 2.13. The van der Waals surface area contributed by atoms with Crippen LogP contribution in [0.2, 0.25) is 0 Å². The van der Waals surface area contributed by atoms with Gasteiger partial charge in [-0.15, -0.1) is 0 Å². The fourth-order valence-corrected chi connectivity index (χ4v) is 3.63. The molecule has 2 heterocycles. The fourth-order valence-electron chi connectivity index (χ4n) is 3.20. The molecule has 0 unspecified atom stereocenters. The van der Waals surface area contributed by atoms with E-state index in [1.54, 1.807) is 0 Å². The lowest BCUT2D eigenvalue weighted by Gasteiger charge is -2.06. The van der Waals surface area contributed by atoms with Crippen molar-refractivity contribution in [1.29, 1.82) is 0 Å². The molecule has 0 saturated heterocycles. The van der Waals surface area contributed by atoms with Gasteiger partial charge in [-0.1, -0.05) is 48.5 Å². The number of halogens is 1. The first-order valence-electron chi connectivity index (χ1n) is 9.76. The zero-order valence-corrected chi connectivity index (χ0v) is 18.8. The number of aromatic nitrogens is 4. The summed E-state index contributed by atoms with van der Waals surface area (Å²) < 4.78 is 4.78. The molecule has 0 radical (unpaired) electrons. The molecular weight excluding hydrogens is 489 g/mol. The number of carbonyl (C=O) groups is 1. The van der Waals surface area contributed by atoms with Gasteiger partial charge in [-0.3, -0.25) is 9.48 Å². The summed E-state index contributed by atoms with van der Waals surface area (Å²) >= 11 is 2.25. The van der Waals surface area contributed by atoms with E-state index in [0.717, 1.165) is 31.8 Å². The van der Waals surface area contributed by atoms with Gasteiger partial charge in [0.05, 0.1) is 20.6 Å². The fraction of sp³-hybridized carbons (Fsp3) is 0.174. The Morgan fingerprint density at radius 3 is 2.37 bits per heavy atom. The number of carbonyl (C=O) groups excluding carboxylic acids is 1. The van der Waals surface area contributed by atoms with Crippen LogP contribution in [0.25, 0.3) is 16.9 Å². The minimum absolute atomic E-state index is 0.00960. The largest absolute Gasteiger partial charge is 0.352 e. The van der Waals surface area contributed by atoms with Crippen LogP contribution in [0.4, 0.5) is 0 Å². The summed E-state index contributed by atoms with van der Waals surface area (Å²) in [5.41, 5.74) is 4.84. The molecule has 0 bridgehead atoms. The second-order valence-electron chi connectivity index (χ2n) is 7.00. The number of benzene rings is 2. The number of aryl methyl sites for hydroxylation is 2. The Labute approximate surface area is 189 Å². The number of nitrogens with zero attached hydrogens (tertiary/aromatic N) is 4. The summed E-state index contributed by atoms with van der Waals surface area (Å²) in [7, 11) is 0. The number of nitrogens with one attached hydrogen (secondary N) is 1. The van der Waals surface area contributed by atoms with Crippen molar-refractivity contribution < 1.29 is 4.79 Å². The van der Waals surface area contributed by atoms with Crippen LogP contribution in [0, 0.1) is 10.5 Å². The molecule has 2 aromatic heterocycles. The third-order valence-corrected chi connectivity index (χ3v) is 5.85. The first-order valence-corrected chi connectivity index (χ1v) is 10.8. The summed E-state index contributed by atoms with van der Waals surface area (Å²) in [6.45, 7) is 2.95. The predicted molar refractivity (Wildman–Crippen MR) is 125 cm³/mol. The molecule has 0 aliphatic rings. The molecule has 0 aliphatic heterocycles. The molecule has 0 spiro atoms. The van der Waals surface area contributed by atoms with Crippen LogP contribution >= 0.6 is 22.6 Å². The van der Waals surface area contributed by atoms with E-state index >= 15 is 0 Å². The molecule has 0 saturated carbocycles. The molecule has 1 amide bonds. The van der Waals surface area contributed by atoms with E-state index in [0.29, 0.717) is 19.5 Å². The topological polar surface area (TPSA) is 64.7 Å². The van der Waals surface area contributed by atoms with Gasteiger partial charge < -0.3 is 5.32 Å². The zero-order chi connectivity index (χ0) is 20.9. The molecule has 30 heavy (non-hydrogen) atoms. The van der Waals surface area contributed by atoms with E-state index in [-0.39, 0.29) is 5.91 Å². The molecule has 2 aromatic carbocycles. The molecule has 0 fully saturated rings. The molecule has 152 valence electrons. The Morgan fingerprint density at radius 2 is 1.70 bits per heavy atom. The lowest BCUT2D eigenvalue weighted by atomic mass is 10.1. The maximum Gasteiger partial charge on any atom is 0.222 e. The highest BCUT2D eigenvalue weighted by atomic mass is 127. The van der Waals surface area contributed by atoms with Crippen LogP contribution in [0.5, 0.6) is 0 Å². The summed E-state index contributed by atoms with van der Waals surface area (Å²) in [5, 5.41) is 12.2. The van der Waals surface area contributed by atoms with Gasteiger partial charge in [0.25, 0.3) is 0 Å². The van der Waals surface area contributed by atoms with Crippen molar-refractivity contribution in [3.05, 3.63) is 87.9 Å². The highest BCUT2D eigenvalue weighted by Crippen LogP contribution is 2.23. The second-order valence-corrected chi connectivity index (χ2v) is 8.16. The first kappa shape index (κ1) is 20.3.